The molecule has 0 saturated heterocycles. The van der Waals surface area contributed by atoms with Crippen molar-refractivity contribution in [1.82, 2.24) is 4.57 Å². The number of hydrogen-bond donors (Lipinski definition) is 0. The fourth-order valence-electron chi connectivity index (χ4n) is 3.87. The number of nitrogens with zero attached hydrogens (tertiary/aromatic N) is 1. The molecule has 1 aromatic heterocycles. The minimum atomic E-state index is 0.0272. The number of aromatic nitrogens is 1. The van der Waals surface area contributed by atoms with Crippen LogP contribution in [0.25, 0.3) is 0 Å². The van der Waals surface area contributed by atoms with Crippen molar-refractivity contribution in [1.29, 1.82) is 0 Å². The van der Waals surface area contributed by atoms with E-state index in [0.717, 1.165) is 25.3 Å². The third-order valence-electron chi connectivity index (χ3n) is 5.68. The molecule has 168 valence electrons. The quantitative estimate of drug-likeness (QED) is 0.206. The highest BCUT2D eigenvalue weighted by Gasteiger charge is 2.01. The number of aryl methyl sites for hydroxylation is 1. The monoisotopic (exact) mass is 405 g/mol. The second-order valence-corrected chi connectivity index (χ2v) is 8.55. The Morgan fingerprint density at radius 3 is 1.66 bits per heavy atom. The van der Waals surface area contributed by atoms with Crippen LogP contribution < -0.4 is 10.2 Å². The first-order valence-electron chi connectivity index (χ1n) is 12.6. The van der Waals surface area contributed by atoms with Crippen molar-refractivity contribution in [3.05, 3.63) is 28.6 Å². The van der Waals surface area contributed by atoms with Gasteiger partial charge in [0.1, 0.15) is 0 Å². The standard InChI is InChI=1S/C26H47NO2/c1-3-5-6-7-8-9-10-11-12-13-14-15-16-17-18-19-23-29-26-24-25(28)20-22-27(26)21-4-2/h20,22,24H,3-19,21,23H2,1-2H3. The van der Waals surface area contributed by atoms with E-state index in [1.807, 2.05) is 10.8 Å². The van der Waals surface area contributed by atoms with Crippen LogP contribution in [0.5, 0.6) is 5.88 Å². The van der Waals surface area contributed by atoms with Crippen molar-refractivity contribution in [2.45, 2.75) is 130 Å². The van der Waals surface area contributed by atoms with Crippen molar-refractivity contribution < 1.29 is 4.74 Å². The van der Waals surface area contributed by atoms with Crippen LogP contribution in [-0.2, 0) is 6.54 Å². The summed E-state index contributed by atoms with van der Waals surface area (Å²) < 4.78 is 7.89. The summed E-state index contributed by atoms with van der Waals surface area (Å²) in [6.07, 6.45) is 24.9. The van der Waals surface area contributed by atoms with E-state index >= 15 is 0 Å². The normalized spacial score (nSPS) is 11.1. The van der Waals surface area contributed by atoms with Gasteiger partial charge in [0.15, 0.2) is 11.3 Å². The minimum Gasteiger partial charge on any atom is -0.479 e. The summed E-state index contributed by atoms with van der Waals surface area (Å²) in [6.45, 7) is 6.03. The van der Waals surface area contributed by atoms with Gasteiger partial charge >= 0.3 is 0 Å². The van der Waals surface area contributed by atoms with Crippen LogP contribution in [-0.4, -0.2) is 11.2 Å². The van der Waals surface area contributed by atoms with Crippen molar-refractivity contribution in [2.24, 2.45) is 0 Å². The molecule has 0 fully saturated rings. The topological polar surface area (TPSA) is 31.2 Å². The molecule has 0 aliphatic heterocycles. The van der Waals surface area contributed by atoms with Gasteiger partial charge in [-0.15, -0.1) is 0 Å². The summed E-state index contributed by atoms with van der Waals surface area (Å²) in [4.78, 5) is 11.5. The van der Waals surface area contributed by atoms with Crippen LogP contribution in [0.15, 0.2) is 23.1 Å². The van der Waals surface area contributed by atoms with Gasteiger partial charge in [0.05, 0.1) is 6.61 Å². The van der Waals surface area contributed by atoms with E-state index in [4.69, 9.17) is 4.74 Å². The first kappa shape index (κ1) is 25.8. The Labute approximate surface area is 180 Å². The second kappa shape index (κ2) is 18.8. The van der Waals surface area contributed by atoms with E-state index in [9.17, 15) is 4.79 Å². The van der Waals surface area contributed by atoms with Crippen molar-refractivity contribution in [2.75, 3.05) is 6.61 Å². The molecule has 0 saturated carbocycles. The Kier molecular flexibility index (Phi) is 16.7. The summed E-state index contributed by atoms with van der Waals surface area (Å²) >= 11 is 0. The maximum absolute atomic E-state index is 11.5. The zero-order chi connectivity index (χ0) is 21.0. The van der Waals surface area contributed by atoms with Crippen molar-refractivity contribution in [3.63, 3.8) is 0 Å². The van der Waals surface area contributed by atoms with Crippen LogP contribution in [0.1, 0.15) is 123 Å². The van der Waals surface area contributed by atoms with E-state index in [0.29, 0.717) is 6.61 Å². The van der Waals surface area contributed by atoms with Gasteiger partial charge in [0.2, 0.25) is 0 Å². The molecular formula is C26H47NO2. The van der Waals surface area contributed by atoms with Gasteiger partial charge in [0.25, 0.3) is 0 Å². The first-order chi connectivity index (χ1) is 14.3. The highest BCUT2D eigenvalue weighted by molar-refractivity contribution is 5.12. The Hall–Kier alpha value is -1.25. The van der Waals surface area contributed by atoms with E-state index in [1.165, 1.54) is 96.3 Å². The molecule has 0 bridgehead atoms. The van der Waals surface area contributed by atoms with Crippen molar-refractivity contribution in [3.8, 4) is 5.88 Å². The van der Waals surface area contributed by atoms with Gasteiger partial charge in [0, 0.05) is 24.9 Å². The maximum Gasteiger partial charge on any atom is 0.197 e. The van der Waals surface area contributed by atoms with E-state index in [-0.39, 0.29) is 5.43 Å². The molecule has 3 nitrogen and oxygen atoms in total. The fraction of sp³-hybridized carbons (Fsp3) is 0.808. The minimum absolute atomic E-state index is 0.0272. The van der Waals surface area contributed by atoms with Crippen LogP contribution in [0.4, 0.5) is 0 Å². The molecule has 0 aliphatic carbocycles. The number of hydrogen-bond acceptors (Lipinski definition) is 2. The maximum atomic E-state index is 11.5. The molecule has 0 spiro atoms. The number of ether oxygens (including phenoxy) is 1. The largest absolute Gasteiger partial charge is 0.479 e. The molecule has 0 atom stereocenters. The van der Waals surface area contributed by atoms with Gasteiger partial charge in [-0.05, 0) is 12.8 Å². The Morgan fingerprint density at radius 1 is 0.690 bits per heavy atom. The average molecular weight is 406 g/mol. The molecule has 0 radical (unpaired) electrons. The average Bonchev–Trinajstić information content (AvgIpc) is 2.72. The number of pyridine rings is 1. The molecule has 0 aliphatic rings. The smallest absolute Gasteiger partial charge is 0.197 e. The summed E-state index contributed by atoms with van der Waals surface area (Å²) in [7, 11) is 0. The third-order valence-corrected chi connectivity index (χ3v) is 5.68. The molecule has 0 unspecified atom stereocenters. The molecular weight excluding hydrogens is 358 g/mol. The summed E-state index contributed by atoms with van der Waals surface area (Å²) in [5, 5.41) is 0. The molecule has 3 heteroatoms. The lowest BCUT2D eigenvalue weighted by atomic mass is 10.0. The van der Waals surface area contributed by atoms with Gasteiger partial charge in [-0.25, -0.2) is 0 Å². The van der Waals surface area contributed by atoms with Crippen LogP contribution >= 0.6 is 0 Å². The lowest BCUT2D eigenvalue weighted by Gasteiger charge is -2.13. The lowest BCUT2D eigenvalue weighted by molar-refractivity contribution is 0.276. The van der Waals surface area contributed by atoms with Crippen LogP contribution in [0.2, 0.25) is 0 Å². The first-order valence-corrected chi connectivity index (χ1v) is 12.6. The number of rotatable bonds is 20. The molecule has 29 heavy (non-hydrogen) atoms. The van der Waals surface area contributed by atoms with Gasteiger partial charge in [-0.1, -0.05) is 110 Å². The van der Waals surface area contributed by atoms with E-state index in [1.54, 1.807) is 12.1 Å². The zero-order valence-electron chi connectivity index (χ0n) is 19.4. The third kappa shape index (κ3) is 14.4. The van der Waals surface area contributed by atoms with Crippen LogP contribution in [0.3, 0.4) is 0 Å². The highest BCUT2D eigenvalue weighted by Crippen LogP contribution is 2.14. The molecule has 1 rings (SSSR count). The number of unbranched alkanes of at least 4 members (excludes halogenated alkanes) is 15. The zero-order valence-corrected chi connectivity index (χ0v) is 19.4. The second-order valence-electron chi connectivity index (χ2n) is 8.55. The summed E-state index contributed by atoms with van der Waals surface area (Å²) in [5.41, 5.74) is 0.0272. The molecule has 1 heterocycles. The molecule has 0 amide bonds. The molecule has 0 aromatic carbocycles. The molecule has 1 aromatic rings. The molecule has 0 N–H and O–H groups in total. The lowest BCUT2D eigenvalue weighted by Crippen LogP contribution is -2.11. The van der Waals surface area contributed by atoms with E-state index in [2.05, 4.69) is 13.8 Å². The Bertz CT molecular complexity index is 538. The SMILES string of the molecule is CCCCCCCCCCCCCCCCCCOc1cc(=O)ccn1CCC. The van der Waals surface area contributed by atoms with Crippen molar-refractivity contribution >= 4 is 0 Å². The predicted octanol–water partition coefficient (Wildman–Crippen LogP) is 7.90. The Morgan fingerprint density at radius 2 is 1.17 bits per heavy atom. The van der Waals surface area contributed by atoms with Gasteiger partial charge in [-0.3, -0.25) is 4.79 Å². The van der Waals surface area contributed by atoms with Gasteiger partial charge in [-0.2, -0.15) is 0 Å². The summed E-state index contributed by atoms with van der Waals surface area (Å²) in [6, 6.07) is 3.22. The van der Waals surface area contributed by atoms with Gasteiger partial charge < -0.3 is 9.30 Å². The van der Waals surface area contributed by atoms with E-state index < -0.39 is 0 Å². The Balaban J connectivity index is 1.87. The van der Waals surface area contributed by atoms with Crippen LogP contribution in [0, 0.1) is 0 Å². The summed E-state index contributed by atoms with van der Waals surface area (Å²) in [5.74, 6) is 0.723. The fourth-order valence-corrected chi connectivity index (χ4v) is 3.87. The predicted molar refractivity (Wildman–Crippen MR) is 126 cm³/mol. The highest BCUT2D eigenvalue weighted by atomic mass is 16.5.